The molecule has 0 amide bonds. The van der Waals surface area contributed by atoms with Crippen LogP contribution in [0.4, 0.5) is 0 Å². The van der Waals surface area contributed by atoms with Crippen LogP contribution in [0.3, 0.4) is 0 Å². The largest absolute Gasteiger partial charge is 0.480 e. The van der Waals surface area contributed by atoms with Crippen molar-refractivity contribution in [3.05, 3.63) is 77.5 Å². The van der Waals surface area contributed by atoms with Gasteiger partial charge in [-0.3, -0.25) is 4.79 Å². The minimum Gasteiger partial charge on any atom is -0.480 e. The van der Waals surface area contributed by atoms with Crippen molar-refractivity contribution < 1.29 is 19.1 Å². The Kier molecular flexibility index (Phi) is 11.1. The molecule has 0 spiro atoms. The Labute approximate surface area is 185 Å². The number of benzene rings is 1. The summed E-state index contributed by atoms with van der Waals surface area (Å²) in [6.45, 7) is 11.5. The van der Waals surface area contributed by atoms with E-state index >= 15 is 0 Å². The lowest BCUT2D eigenvalue weighted by Crippen LogP contribution is -2.23. The van der Waals surface area contributed by atoms with Gasteiger partial charge < -0.3 is 19.2 Å². The van der Waals surface area contributed by atoms with Crippen LogP contribution in [-0.2, 0) is 9.53 Å². The first kappa shape index (κ1) is 25.9. The Morgan fingerprint density at radius 2 is 1.90 bits per heavy atom. The molecule has 1 unspecified atom stereocenters. The van der Waals surface area contributed by atoms with E-state index in [4.69, 9.17) is 14.3 Å². The number of oxazole rings is 1. The van der Waals surface area contributed by atoms with Crippen LogP contribution in [0.2, 0.25) is 0 Å². The highest BCUT2D eigenvalue weighted by molar-refractivity contribution is 5.69. The third-order valence-corrected chi connectivity index (χ3v) is 4.61. The molecular formula is C25H34N2O4. The number of aromatic nitrogens is 1. The third-order valence-electron chi connectivity index (χ3n) is 4.61. The number of allylic oxidation sites excluding steroid dienone is 4. The van der Waals surface area contributed by atoms with Crippen molar-refractivity contribution in [2.45, 2.75) is 47.6 Å². The molecule has 0 aliphatic carbocycles. The van der Waals surface area contributed by atoms with Gasteiger partial charge in [0.1, 0.15) is 12.3 Å². The second kappa shape index (κ2) is 13.2. The van der Waals surface area contributed by atoms with E-state index in [1.807, 2.05) is 90.1 Å². The topological polar surface area (TPSA) is 75.8 Å². The van der Waals surface area contributed by atoms with Gasteiger partial charge in [-0.1, -0.05) is 35.9 Å². The first-order chi connectivity index (χ1) is 14.7. The molecule has 1 N–H and O–H groups in total. The normalized spacial score (nSPS) is 13.0. The first-order valence-corrected chi connectivity index (χ1v) is 10.2. The van der Waals surface area contributed by atoms with Crippen molar-refractivity contribution >= 4 is 5.97 Å². The van der Waals surface area contributed by atoms with Gasteiger partial charge in [-0.05, 0) is 59.8 Å². The van der Waals surface area contributed by atoms with E-state index in [1.54, 1.807) is 18.2 Å². The summed E-state index contributed by atoms with van der Waals surface area (Å²) >= 11 is 0. The van der Waals surface area contributed by atoms with Crippen molar-refractivity contribution in [3.63, 3.8) is 0 Å². The maximum absolute atomic E-state index is 10.8. The van der Waals surface area contributed by atoms with Crippen molar-refractivity contribution in [2.24, 2.45) is 0 Å². The Hall–Kier alpha value is -3.12. The Morgan fingerprint density at radius 1 is 1.26 bits per heavy atom. The van der Waals surface area contributed by atoms with E-state index in [0.717, 1.165) is 28.3 Å². The van der Waals surface area contributed by atoms with Crippen molar-refractivity contribution in [3.8, 4) is 11.5 Å². The molecule has 2 aromatic rings. The van der Waals surface area contributed by atoms with Gasteiger partial charge in [-0.25, -0.2) is 4.98 Å². The minimum atomic E-state index is -0.854. The fourth-order valence-electron chi connectivity index (χ4n) is 2.48. The van der Waals surface area contributed by atoms with Crippen LogP contribution in [-0.4, -0.2) is 40.7 Å². The van der Waals surface area contributed by atoms with Crippen molar-refractivity contribution in [2.75, 3.05) is 13.7 Å². The van der Waals surface area contributed by atoms with Gasteiger partial charge in [0.25, 0.3) is 0 Å². The maximum Gasteiger partial charge on any atom is 0.323 e. The summed E-state index contributed by atoms with van der Waals surface area (Å²) in [5.74, 6) is 0.738. The maximum atomic E-state index is 10.8. The van der Waals surface area contributed by atoms with E-state index in [1.165, 1.54) is 0 Å². The van der Waals surface area contributed by atoms with Crippen LogP contribution in [0.15, 0.2) is 70.4 Å². The highest BCUT2D eigenvalue weighted by atomic mass is 16.5. The molecule has 2 rings (SSSR count). The first-order valence-electron chi connectivity index (χ1n) is 10.2. The van der Waals surface area contributed by atoms with Gasteiger partial charge in [0.15, 0.2) is 0 Å². The lowest BCUT2D eigenvalue weighted by Gasteiger charge is -2.18. The molecule has 1 aromatic heterocycles. The molecule has 168 valence electrons. The molecular weight excluding hydrogens is 392 g/mol. The smallest absolute Gasteiger partial charge is 0.323 e. The van der Waals surface area contributed by atoms with Gasteiger partial charge in [0, 0.05) is 24.6 Å². The molecule has 31 heavy (non-hydrogen) atoms. The lowest BCUT2D eigenvalue weighted by atomic mass is 10.2. The zero-order valence-corrected chi connectivity index (χ0v) is 19.5. The van der Waals surface area contributed by atoms with E-state index < -0.39 is 5.97 Å². The van der Waals surface area contributed by atoms with Gasteiger partial charge in [0.05, 0.1) is 11.8 Å². The average Bonchev–Trinajstić information content (AvgIpc) is 3.09. The van der Waals surface area contributed by atoms with Crippen LogP contribution >= 0.6 is 0 Å². The van der Waals surface area contributed by atoms with Crippen molar-refractivity contribution in [1.29, 1.82) is 0 Å². The number of hydrogen-bond acceptors (Lipinski definition) is 5. The highest BCUT2D eigenvalue weighted by Gasteiger charge is 2.07. The molecule has 0 bridgehead atoms. The molecule has 1 heterocycles. The molecule has 1 aromatic carbocycles. The zero-order chi connectivity index (χ0) is 23.4. The Balaban J connectivity index is 0.000000323. The summed E-state index contributed by atoms with van der Waals surface area (Å²) in [4.78, 5) is 16.8. The second-order valence-electron chi connectivity index (χ2n) is 7.15. The molecule has 0 aliphatic heterocycles. The second-order valence-corrected chi connectivity index (χ2v) is 7.15. The highest BCUT2D eigenvalue weighted by Crippen LogP contribution is 2.20. The van der Waals surface area contributed by atoms with Crippen LogP contribution < -0.4 is 0 Å². The monoisotopic (exact) mass is 426 g/mol. The summed E-state index contributed by atoms with van der Waals surface area (Å²) < 4.78 is 10.6. The lowest BCUT2D eigenvalue weighted by molar-refractivity contribution is -0.137. The fourth-order valence-corrected chi connectivity index (χ4v) is 2.48. The Bertz CT molecular complexity index is 891. The van der Waals surface area contributed by atoms with E-state index in [2.05, 4.69) is 4.98 Å². The number of methoxy groups -OCH3 is 1. The third kappa shape index (κ3) is 9.49. The number of aryl methyl sites for hydroxylation is 2. The summed E-state index contributed by atoms with van der Waals surface area (Å²) in [6.07, 6.45) is 7.55. The number of aliphatic carboxylic acids is 1. The average molecular weight is 427 g/mol. The number of hydrogen-bond donors (Lipinski definition) is 1. The number of carbonyl (C=O) groups is 1. The SMILES string of the molecule is C/C=C(\C)N(/C=C\C(C)=C\C(C)OC)CC(=O)O.Cc1nc(-c2ccccc2)oc1C. The summed E-state index contributed by atoms with van der Waals surface area (Å²) in [6, 6.07) is 9.91. The summed E-state index contributed by atoms with van der Waals surface area (Å²) in [5.41, 5.74) is 3.92. The van der Waals surface area contributed by atoms with Gasteiger partial charge in [0.2, 0.25) is 5.89 Å². The van der Waals surface area contributed by atoms with Crippen LogP contribution in [0, 0.1) is 13.8 Å². The molecule has 1 atom stereocenters. The molecule has 0 saturated carbocycles. The fraction of sp³-hybridized carbons (Fsp3) is 0.360. The van der Waals surface area contributed by atoms with E-state index in [0.29, 0.717) is 5.89 Å². The van der Waals surface area contributed by atoms with Crippen LogP contribution in [0.1, 0.15) is 39.1 Å². The number of rotatable bonds is 8. The van der Waals surface area contributed by atoms with Gasteiger partial charge in [-0.2, -0.15) is 0 Å². The van der Waals surface area contributed by atoms with E-state index in [-0.39, 0.29) is 12.6 Å². The predicted octanol–water partition coefficient (Wildman–Crippen LogP) is 5.75. The molecule has 0 saturated heterocycles. The standard InChI is InChI=1S/C14H23NO3.C11H11NO/c1-6-12(3)15(10-14(16)17)8-7-11(2)9-13(4)18-5;1-8-9(2)13-11(12-8)10-6-4-3-5-7-10/h6-9,13H,10H2,1-5H3,(H,16,17);3-7H,1-2H3/b8-7-,11-9+,12-6+;. The quantitative estimate of drug-likeness (QED) is 0.542. The predicted molar refractivity (Wildman–Crippen MR) is 125 cm³/mol. The summed E-state index contributed by atoms with van der Waals surface area (Å²) in [7, 11) is 1.65. The number of nitrogens with zero attached hydrogens (tertiary/aromatic N) is 2. The molecule has 6 nitrogen and oxygen atoms in total. The van der Waals surface area contributed by atoms with Gasteiger partial charge in [-0.15, -0.1) is 0 Å². The van der Waals surface area contributed by atoms with E-state index in [9.17, 15) is 4.79 Å². The molecule has 0 aliphatic rings. The molecule has 0 radical (unpaired) electrons. The Morgan fingerprint density at radius 3 is 2.39 bits per heavy atom. The van der Waals surface area contributed by atoms with Crippen LogP contribution in [0.5, 0.6) is 0 Å². The number of carboxylic acid groups (broad SMARTS) is 1. The number of carboxylic acids is 1. The van der Waals surface area contributed by atoms with Gasteiger partial charge >= 0.3 is 5.97 Å². The van der Waals surface area contributed by atoms with Crippen molar-refractivity contribution in [1.82, 2.24) is 9.88 Å². The zero-order valence-electron chi connectivity index (χ0n) is 19.5. The summed E-state index contributed by atoms with van der Waals surface area (Å²) in [5, 5.41) is 8.84. The molecule has 0 fully saturated rings. The number of ether oxygens (including phenoxy) is 1. The minimum absolute atomic E-state index is 0.0419. The molecule has 6 heteroatoms. The van der Waals surface area contributed by atoms with Crippen LogP contribution in [0.25, 0.3) is 11.5 Å².